The lowest BCUT2D eigenvalue weighted by molar-refractivity contribution is 0.138. The van der Waals surface area contributed by atoms with Gasteiger partial charge in [-0.2, -0.15) is 5.10 Å². The summed E-state index contributed by atoms with van der Waals surface area (Å²) in [5.74, 6) is 0. The average Bonchev–Trinajstić information content (AvgIpc) is 2.32. The summed E-state index contributed by atoms with van der Waals surface area (Å²) in [7, 11) is 1.55. The molecule has 0 atom stereocenters. The normalized spacial score (nSPS) is 11.1. The highest BCUT2D eigenvalue weighted by Crippen LogP contribution is 2.20. The van der Waals surface area contributed by atoms with Crippen LogP contribution in [0.1, 0.15) is 17.7 Å². The van der Waals surface area contributed by atoms with Crippen LogP contribution in [-0.2, 0) is 13.6 Å². The Labute approximate surface area is 67.8 Å². The molecule has 0 saturated heterocycles. The maximum absolute atomic E-state index is 12.2. The Morgan fingerprint density at radius 1 is 1.75 bits per heavy atom. The first-order valence-corrected chi connectivity index (χ1v) is 3.32. The van der Waals surface area contributed by atoms with Crippen LogP contribution in [0.3, 0.4) is 0 Å². The number of hydroxylamine groups is 1. The molecule has 6 heteroatoms. The minimum atomic E-state index is -2.60. The number of halogens is 2. The zero-order valence-corrected chi connectivity index (χ0v) is 6.46. The number of nitrogens with one attached hydrogen (secondary N) is 1. The molecule has 1 aromatic heterocycles. The molecule has 0 amide bonds. The molecule has 68 valence electrons. The molecule has 0 fully saturated rings. The predicted octanol–water partition coefficient (Wildman–Crippen LogP) is 0.837. The van der Waals surface area contributed by atoms with Gasteiger partial charge in [0.1, 0.15) is 5.69 Å². The third kappa shape index (κ3) is 1.77. The number of rotatable bonds is 3. The van der Waals surface area contributed by atoms with E-state index >= 15 is 0 Å². The van der Waals surface area contributed by atoms with Crippen molar-refractivity contribution in [2.45, 2.75) is 13.0 Å². The molecule has 0 radical (unpaired) electrons. The molecule has 0 unspecified atom stereocenters. The summed E-state index contributed by atoms with van der Waals surface area (Å²) in [6.45, 7) is -0.0203. The number of hydrogen-bond acceptors (Lipinski definition) is 3. The highest BCUT2D eigenvalue weighted by Gasteiger charge is 2.16. The van der Waals surface area contributed by atoms with E-state index in [4.69, 9.17) is 5.21 Å². The molecule has 2 N–H and O–H groups in total. The van der Waals surface area contributed by atoms with Gasteiger partial charge in [-0.05, 0) is 0 Å². The largest absolute Gasteiger partial charge is 0.316 e. The van der Waals surface area contributed by atoms with Crippen LogP contribution in [-0.4, -0.2) is 15.0 Å². The van der Waals surface area contributed by atoms with Crippen molar-refractivity contribution in [2.75, 3.05) is 0 Å². The average molecular weight is 177 g/mol. The van der Waals surface area contributed by atoms with Crippen LogP contribution < -0.4 is 5.48 Å². The van der Waals surface area contributed by atoms with Crippen molar-refractivity contribution < 1.29 is 14.0 Å². The third-order valence-corrected chi connectivity index (χ3v) is 1.41. The summed E-state index contributed by atoms with van der Waals surface area (Å²) < 4.78 is 25.6. The van der Waals surface area contributed by atoms with E-state index in [1.165, 1.54) is 10.9 Å². The number of hydrogen-bond donors (Lipinski definition) is 2. The van der Waals surface area contributed by atoms with Crippen LogP contribution >= 0.6 is 0 Å². The fourth-order valence-corrected chi connectivity index (χ4v) is 0.960. The van der Waals surface area contributed by atoms with Crippen LogP contribution in [0.5, 0.6) is 0 Å². The second-order valence-electron chi connectivity index (χ2n) is 2.35. The van der Waals surface area contributed by atoms with E-state index in [2.05, 4.69) is 5.10 Å². The zero-order valence-electron chi connectivity index (χ0n) is 6.46. The minimum absolute atomic E-state index is 0.0203. The van der Waals surface area contributed by atoms with Gasteiger partial charge in [-0.3, -0.25) is 4.68 Å². The quantitative estimate of drug-likeness (QED) is 0.672. The van der Waals surface area contributed by atoms with Crippen molar-refractivity contribution in [3.8, 4) is 0 Å². The Morgan fingerprint density at radius 2 is 2.42 bits per heavy atom. The van der Waals surface area contributed by atoms with Crippen LogP contribution in [0.4, 0.5) is 8.78 Å². The van der Waals surface area contributed by atoms with Crippen molar-refractivity contribution in [2.24, 2.45) is 7.05 Å². The highest BCUT2D eigenvalue weighted by molar-refractivity contribution is 5.17. The zero-order chi connectivity index (χ0) is 9.14. The molecule has 1 heterocycles. The van der Waals surface area contributed by atoms with Crippen molar-refractivity contribution in [3.63, 3.8) is 0 Å². The Hall–Kier alpha value is -1.01. The Kier molecular flexibility index (Phi) is 2.72. The Morgan fingerprint density at radius 3 is 2.92 bits per heavy atom. The summed E-state index contributed by atoms with van der Waals surface area (Å²) in [5, 5.41) is 11.8. The van der Waals surface area contributed by atoms with Crippen LogP contribution in [0.2, 0.25) is 0 Å². The van der Waals surface area contributed by atoms with Gasteiger partial charge in [-0.1, -0.05) is 0 Å². The number of alkyl halides is 2. The van der Waals surface area contributed by atoms with Gasteiger partial charge in [0.2, 0.25) is 0 Å². The van der Waals surface area contributed by atoms with Gasteiger partial charge in [0, 0.05) is 25.4 Å². The molecular weight excluding hydrogens is 168 g/mol. The molecule has 0 aliphatic heterocycles. The van der Waals surface area contributed by atoms with Crippen molar-refractivity contribution in [1.29, 1.82) is 0 Å². The fourth-order valence-electron chi connectivity index (χ4n) is 0.960. The van der Waals surface area contributed by atoms with Crippen molar-refractivity contribution >= 4 is 0 Å². The van der Waals surface area contributed by atoms with Gasteiger partial charge in [0.25, 0.3) is 6.43 Å². The van der Waals surface area contributed by atoms with E-state index < -0.39 is 6.43 Å². The molecule has 12 heavy (non-hydrogen) atoms. The molecule has 1 rings (SSSR count). The lowest BCUT2D eigenvalue weighted by atomic mass is 10.2. The molecule has 0 bridgehead atoms. The van der Waals surface area contributed by atoms with Gasteiger partial charge >= 0.3 is 0 Å². The van der Waals surface area contributed by atoms with Crippen molar-refractivity contribution in [1.82, 2.24) is 15.3 Å². The summed E-state index contributed by atoms with van der Waals surface area (Å²) >= 11 is 0. The minimum Gasteiger partial charge on any atom is -0.316 e. The van der Waals surface area contributed by atoms with Gasteiger partial charge in [0.05, 0.1) is 0 Å². The maximum Gasteiger partial charge on any atom is 0.282 e. The van der Waals surface area contributed by atoms with Gasteiger partial charge in [-0.15, -0.1) is 0 Å². The highest BCUT2D eigenvalue weighted by atomic mass is 19.3. The van der Waals surface area contributed by atoms with E-state index in [-0.39, 0.29) is 12.2 Å². The molecule has 0 aromatic carbocycles. The van der Waals surface area contributed by atoms with Gasteiger partial charge < -0.3 is 5.21 Å². The topological polar surface area (TPSA) is 50.1 Å². The van der Waals surface area contributed by atoms with E-state index in [1.807, 2.05) is 0 Å². The first-order chi connectivity index (χ1) is 5.65. The van der Waals surface area contributed by atoms with E-state index in [0.29, 0.717) is 5.56 Å². The molecule has 0 aliphatic carbocycles. The molecule has 0 saturated carbocycles. The van der Waals surface area contributed by atoms with Crippen LogP contribution in [0.25, 0.3) is 0 Å². The first kappa shape index (κ1) is 9.08. The van der Waals surface area contributed by atoms with Crippen LogP contribution in [0, 0.1) is 0 Å². The SMILES string of the molecule is Cn1cc(CNO)c(C(F)F)n1. The van der Waals surface area contributed by atoms with E-state index in [1.54, 1.807) is 12.5 Å². The molecule has 1 aromatic rings. The molecule has 0 aliphatic rings. The number of aromatic nitrogens is 2. The maximum atomic E-state index is 12.2. The lowest BCUT2D eigenvalue weighted by Gasteiger charge is -1.97. The molecular formula is C6H9F2N3O. The summed E-state index contributed by atoms with van der Waals surface area (Å²) in [5.41, 5.74) is 1.81. The second-order valence-corrected chi connectivity index (χ2v) is 2.35. The predicted molar refractivity (Wildman–Crippen MR) is 36.8 cm³/mol. The first-order valence-electron chi connectivity index (χ1n) is 3.32. The van der Waals surface area contributed by atoms with E-state index in [9.17, 15) is 8.78 Å². The van der Waals surface area contributed by atoms with Gasteiger partial charge in [-0.25, -0.2) is 14.3 Å². The number of aryl methyl sites for hydroxylation is 1. The smallest absolute Gasteiger partial charge is 0.282 e. The summed E-state index contributed by atoms with van der Waals surface area (Å²) in [4.78, 5) is 0. The Bertz CT molecular complexity index is 261. The monoisotopic (exact) mass is 177 g/mol. The lowest BCUT2D eigenvalue weighted by Crippen LogP contribution is -2.07. The molecule has 0 spiro atoms. The van der Waals surface area contributed by atoms with Gasteiger partial charge in [0.15, 0.2) is 0 Å². The van der Waals surface area contributed by atoms with E-state index in [0.717, 1.165) is 0 Å². The Balaban J connectivity index is 2.92. The molecule has 4 nitrogen and oxygen atoms in total. The fraction of sp³-hybridized carbons (Fsp3) is 0.500. The summed E-state index contributed by atoms with van der Waals surface area (Å²) in [6.07, 6.45) is -1.17. The van der Waals surface area contributed by atoms with Crippen molar-refractivity contribution in [3.05, 3.63) is 17.5 Å². The summed E-state index contributed by atoms with van der Waals surface area (Å²) in [6, 6.07) is 0. The second kappa shape index (κ2) is 3.59. The third-order valence-electron chi connectivity index (χ3n) is 1.41. The van der Waals surface area contributed by atoms with Crippen LogP contribution in [0.15, 0.2) is 6.20 Å². The number of nitrogens with zero attached hydrogens (tertiary/aromatic N) is 2. The standard InChI is InChI=1S/C6H9F2N3O/c1-11-3-4(2-9-12)5(10-11)6(7)8/h3,6,9,12H,2H2,1H3.